The zero-order valence-electron chi connectivity index (χ0n) is 15.6. The van der Waals surface area contributed by atoms with Crippen LogP contribution in [0.2, 0.25) is 0 Å². The van der Waals surface area contributed by atoms with Crippen molar-refractivity contribution in [2.75, 3.05) is 13.6 Å². The number of aryl methyl sites for hydroxylation is 1. The van der Waals surface area contributed by atoms with Gasteiger partial charge in [0.1, 0.15) is 10.8 Å². The number of thiazole rings is 1. The monoisotopic (exact) mass is 496 g/mol. The van der Waals surface area contributed by atoms with Gasteiger partial charge in [0.05, 0.1) is 6.54 Å². The Morgan fingerprint density at radius 1 is 1.19 bits per heavy atom. The summed E-state index contributed by atoms with van der Waals surface area (Å²) < 4.78 is 2.19. The van der Waals surface area contributed by atoms with Gasteiger partial charge in [-0.3, -0.25) is 4.99 Å². The summed E-state index contributed by atoms with van der Waals surface area (Å²) in [5.74, 6) is 1.84. The number of nitrogens with zero attached hydrogens (tertiary/aromatic N) is 4. The van der Waals surface area contributed by atoms with E-state index in [2.05, 4.69) is 61.4 Å². The molecule has 0 aliphatic rings. The number of benzene rings is 1. The average molecular weight is 496 g/mol. The zero-order valence-corrected chi connectivity index (χ0v) is 18.7. The SMILES string of the molecule is CN=C(NCCc1nccn1Cc1ccccc1)NCc1ncc(C)s1.I. The molecule has 0 bridgehead atoms. The normalized spacial score (nSPS) is 11.1. The maximum Gasteiger partial charge on any atom is 0.191 e. The van der Waals surface area contributed by atoms with Crippen LogP contribution in [-0.4, -0.2) is 34.1 Å². The van der Waals surface area contributed by atoms with E-state index in [1.165, 1.54) is 10.4 Å². The van der Waals surface area contributed by atoms with Crippen molar-refractivity contribution in [2.24, 2.45) is 4.99 Å². The minimum atomic E-state index is 0. The predicted octanol–water partition coefficient (Wildman–Crippen LogP) is 3.22. The third-order valence-electron chi connectivity index (χ3n) is 3.94. The van der Waals surface area contributed by atoms with Crippen LogP contribution < -0.4 is 10.6 Å². The Morgan fingerprint density at radius 2 is 2.00 bits per heavy atom. The van der Waals surface area contributed by atoms with E-state index in [1.54, 1.807) is 18.4 Å². The Hall–Kier alpha value is -1.94. The van der Waals surface area contributed by atoms with Gasteiger partial charge in [0, 0.05) is 50.0 Å². The lowest BCUT2D eigenvalue weighted by molar-refractivity contribution is 0.694. The molecule has 2 heterocycles. The molecule has 6 nitrogen and oxygen atoms in total. The number of aliphatic imine (C=N–C) groups is 1. The van der Waals surface area contributed by atoms with Gasteiger partial charge >= 0.3 is 0 Å². The molecule has 2 aromatic heterocycles. The van der Waals surface area contributed by atoms with Crippen molar-refractivity contribution in [2.45, 2.75) is 26.4 Å². The van der Waals surface area contributed by atoms with Crippen LogP contribution in [0.4, 0.5) is 0 Å². The summed E-state index contributed by atoms with van der Waals surface area (Å²) in [6.07, 6.45) is 6.61. The number of nitrogens with one attached hydrogen (secondary N) is 2. The van der Waals surface area contributed by atoms with Crippen LogP contribution in [0.3, 0.4) is 0 Å². The number of rotatable bonds is 7. The minimum absolute atomic E-state index is 0. The van der Waals surface area contributed by atoms with Gasteiger partial charge in [-0.15, -0.1) is 35.3 Å². The van der Waals surface area contributed by atoms with E-state index in [0.29, 0.717) is 6.54 Å². The summed E-state index contributed by atoms with van der Waals surface area (Å²) in [6.45, 7) is 4.35. The van der Waals surface area contributed by atoms with Crippen LogP contribution >= 0.6 is 35.3 Å². The molecule has 1 aromatic carbocycles. The van der Waals surface area contributed by atoms with Crippen LogP contribution in [0.25, 0.3) is 0 Å². The van der Waals surface area contributed by atoms with Gasteiger partial charge in [0.2, 0.25) is 0 Å². The molecule has 0 unspecified atom stereocenters. The number of halogens is 1. The van der Waals surface area contributed by atoms with Gasteiger partial charge in [-0.05, 0) is 12.5 Å². The van der Waals surface area contributed by atoms with Crippen LogP contribution in [0.5, 0.6) is 0 Å². The summed E-state index contributed by atoms with van der Waals surface area (Å²) in [6, 6.07) is 10.4. The molecule has 8 heteroatoms. The minimum Gasteiger partial charge on any atom is -0.356 e. The van der Waals surface area contributed by atoms with E-state index < -0.39 is 0 Å². The molecule has 0 fully saturated rings. The number of hydrogen-bond acceptors (Lipinski definition) is 4. The highest BCUT2D eigenvalue weighted by Crippen LogP contribution is 2.10. The molecule has 0 aliphatic carbocycles. The largest absolute Gasteiger partial charge is 0.356 e. The standard InChI is InChI=1S/C19H24N6S.HI/c1-15-12-23-18(26-15)13-24-19(20-2)22-9-8-17-21-10-11-25(17)14-16-6-4-3-5-7-16;/h3-7,10-12H,8-9,13-14H2,1-2H3,(H2,20,22,24);1H. The average Bonchev–Trinajstić information content (AvgIpc) is 3.27. The van der Waals surface area contributed by atoms with Crippen LogP contribution in [0.1, 0.15) is 21.3 Å². The molecule has 0 amide bonds. The summed E-state index contributed by atoms with van der Waals surface area (Å²) in [7, 11) is 1.78. The molecule has 0 atom stereocenters. The lowest BCUT2D eigenvalue weighted by Crippen LogP contribution is -2.38. The van der Waals surface area contributed by atoms with Crippen molar-refractivity contribution < 1.29 is 0 Å². The highest BCUT2D eigenvalue weighted by atomic mass is 127. The van der Waals surface area contributed by atoms with Crippen molar-refractivity contribution in [3.8, 4) is 0 Å². The molecular weight excluding hydrogens is 471 g/mol. The van der Waals surface area contributed by atoms with Gasteiger partial charge in [0.15, 0.2) is 5.96 Å². The van der Waals surface area contributed by atoms with E-state index >= 15 is 0 Å². The second-order valence-electron chi connectivity index (χ2n) is 5.92. The van der Waals surface area contributed by atoms with E-state index in [1.807, 2.05) is 24.7 Å². The summed E-state index contributed by atoms with van der Waals surface area (Å²) >= 11 is 1.70. The van der Waals surface area contributed by atoms with Crippen LogP contribution in [0, 0.1) is 6.92 Å². The van der Waals surface area contributed by atoms with Gasteiger partial charge < -0.3 is 15.2 Å². The molecule has 0 radical (unpaired) electrons. The summed E-state index contributed by atoms with van der Waals surface area (Å²) in [4.78, 5) is 14.3. The van der Waals surface area contributed by atoms with Crippen LogP contribution in [0.15, 0.2) is 53.9 Å². The second kappa shape index (κ2) is 11.0. The molecule has 3 aromatic rings. The Balaban J connectivity index is 0.00000261. The first kappa shape index (κ1) is 21.4. The Labute approximate surface area is 181 Å². The third kappa shape index (κ3) is 6.62. The first-order valence-corrected chi connectivity index (χ1v) is 9.46. The maximum atomic E-state index is 4.49. The zero-order chi connectivity index (χ0) is 18.2. The van der Waals surface area contributed by atoms with Crippen molar-refractivity contribution in [3.05, 3.63) is 70.2 Å². The number of guanidine groups is 1. The Morgan fingerprint density at radius 3 is 2.70 bits per heavy atom. The first-order chi connectivity index (χ1) is 12.7. The lowest BCUT2D eigenvalue weighted by atomic mass is 10.2. The Bertz CT molecular complexity index is 843. The summed E-state index contributed by atoms with van der Waals surface area (Å²) in [5.41, 5.74) is 1.27. The molecular formula is C19H25IN6S. The van der Waals surface area contributed by atoms with Gasteiger partial charge in [-0.1, -0.05) is 30.3 Å². The second-order valence-corrected chi connectivity index (χ2v) is 7.24. The van der Waals surface area contributed by atoms with E-state index in [9.17, 15) is 0 Å². The molecule has 3 rings (SSSR count). The lowest BCUT2D eigenvalue weighted by Gasteiger charge is -2.12. The quantitative estimate of drug-likeness (QED) is 0.300. The number of hydrogen-bond donors (Lipinski definition) is 2. The van der Waals surface area contributed by atoms with Gasteiger partial charge in [0.25, 0.3) is 0 Å². The predicted molar refractivity (Wildman–Crippen MR) is 122 cm³/mol. The highest BCUT2D eigenvalue weighted by molar-refractivity contribution is 14.0. The van der Waals surface area contributed by atoms with Crippen molar-refractivity contribution >= 4 is 41.3 Å². The molecule has 0 saturated heterocycles. The van der Waals surface area contributed by atoms with Crippen molar-refractivity contribution in [3.63, 3.8) is 0 Å². The molecule has 0 spiro atoms. The molecule has 0 saturated carbocycles. The summed E-state index contributed by atoms with van der Waals surface area (Å²) in [5, 5.41) is 7.69. The topological polar surface area (TPSA) is 67.1 Å². The number of imidazole rings is 1. The van der Waals surface area contributed by atoms with Crippen molar-refractivity contribution in [1.29, 1.82) is 0 Å². The van der Waals surface area contributed by atoms with Gasteiger partial charge in [-0.25, -0.2) is 9.97 Å². The fourth-order valence-corrected chi connectivity index (χ4v) is 3.37. The molecule has 27 heavy (non-hydrogen) atoms. The fourth-order valence-electron chi connectivity index (χ4n) is 2.65. The molecule has 144 valence electrons. The third-order valence-corrected chi connectivity index (χ3v) is 4.85. The first-order valence-electron chi connectivity index (χ1n) is 8.64. The fraction of sp³-hybridized carbons (Fsp3) is 0.316. The van der Waals surface area contributed by atoms with Gasteiger partial charge in [-0.2, -0.15) is 0 Å². The maximum absolute atomic E-state index is 4.49. The molecule has 2 N–H and O–H groups in total. The van der Waals surface area contributed by atoms with Crippen molar-refractivity contribution in [1.82, 2.24) is 25.2 Å². The van der Waals surface area contributed by atoms with E-state index in [4.69, 9.17) is 0 Å². The van der Waals surface area contributed by atoms with E-state index in [-0.39, 0.29) is 24.0 Å². The Kier molecular flexibility index (Phi) is 8.73. The highest BCUT2D eigenvalue weighted by Gasteiger charge is 2.05. The smallest absolute Gasteiger partial charge is 0.191 e. The number of aromatic nitrogens is 3. The molecule has 0 aliphatic heterocycles. The van der Waals surface area contributed by atoms with E-state index in [0.717, 1.165) is 36.3 Å². The van der Waals surface area contributed by atoms with Crippen LogP contribution in [-0.2, 0) is 19.5 Å².